The van der Waals surface area contributed by atoms with Gasteiger partial charge in [-0.1, -0.05) is 30.3 Å². The molecule has 3 N–H and O–H groups in total. The zero-order chi connectivity index (χ0) is 19.6. The Bertz CT molecular complexity index is 762. The highest BCUT2D eigenvalue weighted by atomic mass is 16.5. The van der Waals surface area contributed by atoms with Gasteiger partial charge >= 0.3 is 0 Å². The number of Topliss-reactive ketones (excluding diaryl/α,β-unsaturated/α-hetero) is 1. The summed E-state index contributed by atoms with van der Waals surface area (Å²) in [5.74, 6) is 0.948. The van der Waals surface area contributed by atoms with Crippen molar-refractivity contribution in [3.05, 3.63) is 59.7 Å². The smallest absolute Gasteiger partial charge is 0.220 e. The number of rotatable bonds is 10. The van der Waals surface area contributed by atoms with Gasteiger partial charge in [-0.15, -0.1) is 0 Å². The molecule has 0 saturated heterocycles. The highest BCUT2D eigenvalue weighted by molar-refractivity contribution is 5.94. The number of carbonyl (C=O) groups excluding carboxylic acids is 2. The van der Waals surface area contributed by atoms with Crippen molar-refractivity contribution in [1.29, 1.82) is 0 Å². The molecule has 2 rings (SSSR count). The van der Waals surface area contributed by atoms with Crippen LogP contribution in [-0.2, 0) is 4.79 Å². The van der Waals surface area contributed by atoms with Crippen LogP contribution in [0.1, 0.15) is 41.7 Å². The van der Waals surface area contributed by atoms with Gasteiger partial charge in [0.1, 0.15) is 0 Å². The Kier molecular flexibility index (Phi) is 7.82. The minimum Gasteiger partial charge on any atom is -0.493 e. The first kappa shape index (κ1) is 20.5. The molecule has 0 spiro atoms. The van der Waals surface area contributed by atoms with Gasteiger partial charge in [-0.05, 0) is 37.1 Å². The number of hydrogen-bond donors (Lipinski definition) is 2. The lowest BCUT2D eigenvalue weighted by Crippen LogP contribution is -2.31. The van der Waals surface area contributed by atoms with Crippen LogP contribution in [-0.4, -0.2) is 32.0 Å². The summed E-state index contributed by atoms with van der Waals surface area (Å²) in [5, 5.41) is 2.84. The van der Waals surface area contributed by atoms with Gasteiger partial charge in [-0.2, -0.15) is 0 Å². The van der Waals surface area contributed by atoms with Crippen LogP contribution >= 0.6 is 0 Å². The number of methoxy groups -OCH3 is 1. The number of benzene rings is 2. The molecule has 0 aliphatic heterocycles. The third-order valence-electron chi connectivity index (χ3n) is 4.12. The molecule has 2 aromatic rings. The summed E-state index contributed by atoms with van der Waals surface area (Å²) in [7, 11) is 1.52. The van der Waals surface area contributed by atoms with E-state index in [-0.39, 0.29) is 17.7 Å². The van der Waals surface area contributed by atoms with E-state index in [0.29, 0.717) is 43.1 Å². The van der Waals surface area contributed by atoms with E-state index in [1.807, 2.05) is 30.3 Å². The van der Waals surface area contributed by atoms with Gasteiger partial charge in [0.25, 0.3) is 0 Å². The largest absolute Gasteiger partial charge is 0.493 e. The predicted molar refractivity (Wildman–Crippen MR) is 104 cm³/mol. The second kappa shape index (κ2) is 10.3. The quantitative estimate of drug-likeness (QED) is 0.496. The minimum absolute atomic E-state index is 0.0368. The Balaban J connectivity index is 1.72. The average molecular weight is 370 g/mol. The molecule has 1 amide bonds. The van der Waals surface area contributed by atoms with Gasteiger partial charge in [-0.3, -0.25) is 9.59 Å². The molecular weight excluding hydrogens is 344 g/mol. The standard InChI is InChI=1S/C21H26N2O4/c1-15(24)17-10-11-19(20(13-17)26-2)27-12-6-9-21(25)23-14-18(22)16-7-4-3-5-8-16/h3-5,7-8,10-11,13,18H,6,9,12,14,22H2,1-2H3,(H,23,25). The second-order valence-electron chi connectivity index (χ2n) is 6.20. The van der Waals surface area contributed by atoms with Gasteiger partial charge in [0.15, 0.2) is 17.3 Å². The van der Waals surface area contributed by atoms with Gasteiger partial charge < -0.3 is 20.5 Å². The maximum atomic E-state index is 11.9. The van der Waals surface area contributed by atoms with Crippen LogP contribution in [0.25, 0.3) is 0 Å². The molecule has 0 heterocycles. The average Bonchev–Trinajstić information content (AvgIpc) is 2.69. The van der Waals surface area contributed by atoms with Crippen LogP contribution in [0.4, 0.5) is 0 Å². The summed E-state index contributed by atoms with van der Waals surface area (Å²) in [6.45, 7) is 2.26. The molecular formula is C21H26N2O4. The number of nitrogens with two attached hydrogens (primary N) is 1. The number of ketones is 1. The molecule has 0 fully saturated rings. The van der Waals surface area contributed by atoms with Crippen molar-refractivity contribution in [3.8, 4) is 11.5 Å². The SMILES string of the molecule is COc1cc(C(C)=O)ccc1OCCCC(=O)NCC(N)c1ccccc1. The summed E-state index contributed by atoms with van der Waals surface area (Å²) in [6, 6.07) is 14.5. The van der Waals surface area contributed by atoms with Crippen LogP contribution in [0.5, 0.6) is 11.5 Å². The van der Waals surface area contributed by atoms with Crippen LogP contribution < -0.4 is 20.5 Å². The first-order valence-corrected chi connectivity index (χ1v) is 8.90. The summed E-state index contributed by atoms with van der Waals surface area (Å²) in [4.78, 5) is 23.4. The van der Waals surface area contributed by atoms with Gasteiger partial charge in [0, 0.05) is 24.6 Å². The van der Waals surface area contributed by atoms with Crippen LogP contribution in [0.2, 0.25) is 0 Å². The summed E-state index contributed by atoms with van der Waals surface area (Å²) >= 11 is 0. The van der Waals surface area contributed by atoms with Gasteiger partial charge in [0.05, 0.1) is 13.7 Å². The van der Waals surface area contributed by atoms with Crippen LogP contribution in [0.15, 0.2) is 48.5 Å². The number of amides is 1. The molecule has 27 heavy (non-hydrogen) atoms. The zero-order valence-electron chi connectivity index (χ0n) is 15.7. The van der Waals surface area contributed by atoms with Gasteiger partial charge in [-0.25, -0.2) is 0 Å². The molecule has 0 aliphatic carbocycles. The van der Waals surface area contributed by atoms with Crippen molar-refractivity contribution in [2.24, 2.45) is 5.73 Å². The fraction of sp³-hybridized carbons (Fsp3) is 0.333. The van der Waals surface area contributed by atoms with E-state index < -0.39 is 0 Å². The van der Waals surface area contributed by atoms with Crippen LogP contribution in [0.3, 0.4) is 0 Å². The van der Waals surface area contributed by atoms with E-state index in [1.165, 1.54) is 14.0 Å². The lowest BCUT2D eigenvalue weighted by molar-refractivity contribution is -0.121. The van der Waals surface area contributed by atoms with Crippen molar-refractivity contribution in [3.63, 3.8) is 0 Å². The predicted octanol–water partition coefficient (Wildman–Crippen LogP) is 2.87. The molecule has 144 valence electrons. The Hall–Kier alpha value is -2.86. The lowest BCUT2D eigenvalue weighted by atomic mass is 10.1. The number of carbonyl (C=O) groups is 2. The van der Waals surface area contributed by atoms with E-state index in [1.54, 1.807) is 18.2 Å². The number of ether oxygens (including phenoxy) is 2. The molecule has 0 aliphatic rings. The van der Waals surface area contributed by atoms with E-state index in [4.69, 9.17) is 15.2 Å². The maximum absolute atomic E-state index is 11.9. The summed E-state index contributed by atoms with van der Waals surface area (Å²) < 4.78 is 10.9. The fourth-order valence-corrected chi connectivity index (χ4v) is 2.55. The first-order chi connectivity index (χ1) is 13.0. The maximum Gasteiger partial charge on any atom is 0.220 e. The van der Waals surface area contributed by atoms with Crippen molar-refractivity contribution >= 4 is 11.7 Å². The Morgan fingerprint density at radius 1 is 1.11 bits per heavy atom. The highest BCUT2D eigenvalue weighted by Gasteiger charge is 2.10. The Morgan fingerprint density at radius 2 is 1.85 bits per heavy atom. The molecule has 0 radical (unpaired) electrons. The Morgan fingerprint density at radius 3 is 2.52 bits per heavy atom. The van der Waals surface area contributed by atoms with E-state index in [0.717, 1.165) is 5.56 Å². The second-order valence-corrected chi connectivity index (χ2v) is 6.20. The molecule has 1 unspecified atom stereocenters. The van der Waals surface area contributed by atoms with Crippen molar-refractivity contribution in [1.82, 2.24) is 5.32 Å². The van der Waals surface area contributed by atoms with Crippen molar-refractivity contribution in [2.45, 2.75) is 25.8 Å². The molecule has 6 heteroatoms. The topological polar surface area (TPSA) is 90.6 Å². The zero-order valence-corrected chi connectivity index (χ0v) is 15.7. The number of hydrogen-bond acceptors (Lipinski definition) is 5. The molecule has 0 aromatic heterocycles. The molecule has 1 atom stereocenters. The van der Waals surface area contributed by atoms with Gasteiger partial charge in [0.2, 0.25) is 5.91 Å². The number of nitrogens with one attached hydrogen (secondary N) is 1. The summed E-state index contributed by atoms with van der Waals surface area (Å²) in [5.41, 5.74) is 7.61. The molecule has 6 nitrogen and oxygen atoms in total. The molecule has 0 bridgehead atoms. The van der Waals surface area contributed by atoms with Crippen LogP contribution in [0, 0.1) is 0 Å². The molecule has 0 saturated carbocycles. The van der Waals surface area contributed by atoms with E-state index in [2.05, 4.69) is 5.32 Å². The van der Waals surface area contributed by atoms with Crippen molar-refractivity contribution < 1.29 is 19.1 Å². The lowest BCUT2D eigenvalue weighted by Gasteiger charge is -2.14. The third-order valence-corrected chi connectivity index (χ3v) is 4.12. The summed E-state index contributed by atoms with van der Waals surface area (Å²) in [6.07, 6.45) is 0.902. The third kappa shape index (κ3) is 6.42. The normalized spacial score (nSPS) is 11.5. The van der Waals surface area contributed by atoms with E-state index in [9.17, 15) is 9.59 Å². The highest BCUT2D eigenvalue weighted by Crippen LogP contribution is 2.28. The van der Waals surface area contributed by atoms with E-state index >= 15 is 0 Å². The molecule has 2 aromatic carbocycles. The minimum atomic E-state index is -0.226. The van der Waals surface area contributed by atoms with Crippen molar-refractivity contribution in [2.75, 3.05) is 20.3 Å². The monoisotopic (exact) mass is 370 g/mol. The fourth-order valence-electron chi connectivity index (χ4n) is 2.55. The first-order valence-electron chi connectivity index (χ1n) is 8.90. The Labute approximate surface area is 159 Å².